The predicted octanol–water partition coefficient (Wildman–Crippen LogP) is 5.59. The van der Waals surface area contributed by atoms with E-state index in [1.807, 2.05) is 0 Å². The van der Waals surface area contributed by atoms with Gasteiger partial charge in [0, 0.05) is 37.6 Å². The summed E-state index contributed by atoms with van der Waals surface area (Å²) in [6, 6.07) is 31.1. The zero-order valence-corrected chi connectivity index (χ0v) is 19.2. The highest BCUT2D eigenvalue weighted by molar-refractivity contribution is 5.86. The lowest BCUT2D eigenvalue weighted by atomic mass is 10.1. The smallest absolute Gasteiger partial charge is 0.0717 e. The van der Waals surface area contributed by atoms with Crippen molar-refractivity contribution in [1.82, 2.24) is 9.80 Å². The number of hydrogen-bond acceptors (Lipinski definition) is 4. The van der Waals surface area contributed by atoms with Gasteiger partial charge in [0.15, 0.2) is 0 Å². The molecule has 6 rings (SSSR count). The van der Waals surface area contributed by atoms with E-state index in [2.05, 4.69) is 105 Å². The fourth-order valence-electron chi connectivity index (χ4n) is 5.42. The second-order valence-corrected chi connectivity index (χ2v) is 9.51. The quantitative estimate of drug-likeness (QED) is 0.413. The molecule has 4 nitrogen and oxygen atoms in total. The van der Waals surface area contributed by atoms with Gasteiger partial charge in [0.05, 0.1) is 20.0 Å². The summed E-state index contributed by atoms with van der Waals surface area (Å²) in [5.74, 6) is 0. The van der Waals surface area contributed by atoms with E-state index < -0.39 is 0 Å². The second-order valence-electron chi connectivity index (χ2n) is 9.51. The number of fused-ring (bicyclic) bond motifs is 2. The molecule has 2 saturated heterocycles. The Morgan fingerprint density at radius 3 is 1.42 bits per heavy atom. The lowest BCUT2D eigenvalue weighted by molar-refractivity contribution is 0.107. The molecule has 0 atom stereocenters. The van der Waals surface area contributed by atoms with Gasteiger partial charge in [-0.25, -0.2) is 0 Å². The molecule has 0 unspecified atom stereocenters. The van der Waals surface area contributed by atoms with Gasteiger partial charge in [-0.2, -0.15) is 0 Å². The normalized spacial score (nSPS) is 18.3. The molecule has 4 aromatic carbocycles. The van der Waals surface area contributed by atoms with Crippen LogP contribution in [0, 0.1) is 0 Å². The van der Waals surface area contributed by atoms with E-state index in [0.29, 0.717) is 0 Å². The summed E-state index contributed by atoms with van der Waals surface area (Å²) in [6.45, 7) is 7.67. The van der Waals surface area contributed by atoms with E-state index in [4.69, 9.17) is 0 Å². The summed E-state index contributed by atoms with van der Waals surface area (Å²) in [5, 5.41) is 5.29. The fraction of sp³-hybridized carbons (Fsp3) is 0.310. The maximum Gasteiger partial charge on any atom is 0.0717 e. The van der Waals surface area contributed by atoms with Crippen molar-refractivity contribution in [2.75, 3.05) is 56.0 Å². The maximum absolute atomic E-state index is 2.61. The Hall–Kier alpha value is -3.08. The van der Waals surface area contributed by atoms with E-state index in [-0.39, 0.29) is 0 Å². The summed E-state index contributed by atoms with van der Waals surface area (Å²) in [7, 11) is 0. The van der Waals surface area contributed by atoms with Gasteiger partial charge < -0.3 is 9.80 Å². The first-order chi connectivity index (χ1) is 16.3. The molecule has 0 aliphatic carbocycles. The van der Waals surface area contributed by atoms with Crippen LogP contribution in [-0.4, -0.2) is 56.0 Å². The second kappa shape index (κ2) is 9.05. The Balaban J connectivity index is 1.12. The van der Waals surface area contributed by atoms with Gasteiger partial charge in [-0.05, 0) is 58.7 Å². The molecule has 0 N–H and O–H groups in total. The molecule has 0 radical (unpaired) electrons. The van der Waals surface area contributed by atoms with Gasteiger partial charge in [-0.1, -0.05) is 60.7 Å². The first-order valence-electron chi connectivity index (χ1n) is 12.2. The molecule has 0 saturated carbocycles. The highest BCUT2D eigenvalue weighted by Gasteiger charge is 2.23. The van der Waals surface area contributed by atoms with Crippen molar-refractivity contribution in [1.29, 1.82) is 0 Å². The van der Waals surface area contributed by atoms with Gasteiger partial charge in [-0.3, -0.25) is 9.80 Å². The molecular formula is C29H32N4. The van der Waals surface area contributed by atoms with E-state index in [1.165, 1.54) is 58.9 Å². The Kier molecular flexibility index (Phi) is 5.63. The molecule has 0 amide bonds. The van der Waals surface area contributed by atoms with Gasteiger partial charge >= 0.3 is 0 Å². The summed E-state index contributed by atoms with van der Waals surface area (Å²) in [5.41, 5.74) is 2.68. The Morgan fingerprint density at radius 1 is 0.485 bits per heavy atom. The Bertz CT molecular complexity index is 1160. The molecule has 0 bridgehead atoms. The number of benzene rings is 4. The molecule has 4 heteroatoms. The van der Waals surface area contributed by atoms with Crippen LogP contribution in [0.1, 0.15) is 12.8 Å². The number of nitrogens with zero attached hydrogens (tertiary/aromatic N) is 4. The van der Waals surface area contributed by atoms with Crippen LogP contribution in [0.3, 0.4) is 0 Å². The molecule has 0 aromatic heterocycles. The van der Waals surface area contributed by atoms with Crippen molar-refractivity contribution in [3.8, 4) is 0 Å². The van der Waals surface area contributed by atoms with Crippen LogP contribution in [0.25, 0.3) is 21.5 Å². The minimum Gasteiger partial charge on any atom is -0.358 e. The molecular weight excluding hydrogens is 404 g/mol. The van der Waals surface area contributed by atoms with E-state index >= 15 is 0 Å². The average molecular weight is 437 g/mol. The van der Waals surface area contributed by atoms with Crippen LogP contribution in [0.5, 0.6) is 0 Å². The summed E-state index contributed by atoms with van der Waals surface area (Å²) in [6.07, 6.45) is 2.43. The van der Waals surface area contributed by atoms with Crippen LogP contribution in [-0.2, 0) is 0 Å². The van der Waals surface area contributed by atoms with Crippen LogP contribution in [0.2, 0.25) is 0 Å². The number of anilines is 2. The SMILES string of the molecule is c1ccc2cc(N3CCCN(CN4CCCN(c5ccc6ccccc6c5)C4)C3)ccc2c1. The lowest BCUT2D eigenvalue weighted by Crippen LogP contribution is -2.53. The molecule has 0 spiro atoms. The van der Waals surface area contributed by atoms with E-state index in [9.17, 15) is 0 Å². The van der Waals surface area contributed by atoms with Gasteiger partial charge in [0.1, 0.15) is 0 Å². The first kappa shape index (κ1) is 20.5. The molecule has 2 aliphatic rings. The highest BCUT2D eigenvalue weighted by Crippen LogP contribution is 2.26. The van der Waals surface area contributed by atoms with Crippen LogP contribution >= 0.6 is 0 Å². The minimum atomic E-state index is 1.00. The monoisotopic (exact) mass is 436 g/mol. The Labute approximate surface area is 196 Å². The van der Waals surface area contributed by atoms with Crippen molar-refractivity contribution in [3.63, 3.8) is 0 Å². The van der Waals surface area contributed by atoms with Crippen molar-refractivity contribution in [2.24, 2.45) is 0 Å². The average Bonchev–Trinajstić information content (AvgIpc) is 2.88. The molecule has 33 heavy (non-hydrogen) atoms. The standard InChI is InChI=1S/C29H32N4/c1-3-9-26-19-28(13-11-24(26)7-1)32-17-5-15-30(22-32)21-31-16-6-18-33(23-31)29-14-12-25-8-2-4-10-27(25)20-29/h1-4,7-14,19-20H,5-6,15-18,21-23H2. The third-order valence-corrected chi connectivity index (χ3v) is 7.14. The van der Waals surface area contributed by atoms with Crippen molar-refractivity contribution < 1.29 is 0 Å². The largest absolute Gasteiger partial charge is 0.358 e. The Morgan fingerprint density at radius 2 is 0.939 bits per heavy atom. The molecule has 4 aromatic rings. The molecule has 2 heterocycles. The third kappa shape index (κ3) is 4.41. The molecule has 168 valence electrons. The predicted molar refractivity (Wildman–Crippen MR) is 140 cm³/mol. The maximum atomic E-state index is 2.61. The van der Waals surface area contributed by atoms with Gasteiger partial charge in [0.2, 0.25) is 0 Å². The third-order valence-electron chi connectivity index (χ3n) is 7.14. The minimum absolute atomic E-state index is 1.00. The molecule has 2 aliphatic heterocycles. The summed E-state index contributed by atoms with van der Waals surface area (Å²) >= 11 is 0. The lowest BCUT2D eigenvalue weighted by Gasteiger charge is -2.43. The van der Waals surface area contributed by atoms with Crippen LogP contribution in [0.15, 0.2) is 84.9 Å². The highest BCUT2D eigenvalue weighted by atomic mass is 15.4. The summed E-state index contributed by atoms with van der Waals surface area (Å²) in [4.78, 5) is 10.3. The topological polar surface area (TPSA) is 13.0 Å². The first-order valence-corrected chi connectivity index (χ1v) is 12.2. The van der Waals surface area contributed by atoms with Crippen molar-refractivity contribution in [2.45, 2.75) is 12.8 Å². The van der Waals surface area contributed by atoms with E-state index in [1.54, 1.807) is 0 Å². The van der Waals surface area contributed by atoms with Crippen LogP contribution < -0.4 is 9.80 Å². The van der Waals surface area contributed by atoms with Crippen LogP contribution in [0.4, 0.5) is 11.4 Å². The molecule has 2 fully saturated rings. The van der Waals surface area contributed by atoms with Crippen molar-refractivity contribution in [3.05, 3.63) is 84.9 Å². The summed E-state index contributed by atoms with van der Waals surface area (Å²) < 4.78 is 0. The number of hydrogen-bond donors (Lipinski definition) is 0. The van der Waals surface area contributed by atoms with Crippen molar-refractivity contribution >= 4 is 32.9 Å². The van der Waals surface area contributed by atoms with E-state index in [0.717, 1.165) is 33.1 Å². The van der Waals surface area contributed by atoms with Gasteiger partial charge in [-0.15, -0.1) is 0 Å². The fourth-order valence-corrected chi connectivity index (χ4v) is 5.42. The number of rotatable bonds is 4. The van der Waals surface area contributed by atoms with Gasteiger partial charge in [0.25, 0.3) is 0 Å². The zero-order valence-electron chi connectivity index (χ0n) is 19.2. The zero-order chi connectivity index (χ0) is 22.0.